The number of hydrogen-bond acceptors (Lipinski definition) is 12. The summed E-state index contributed by atoms with van der Waals surface area (Å²) in [7, 11) is 0.718. The van der Waals surface area contributed by atoms with Gasteiger partial charge in [0.2, 0.25) is 0 Å². The van der Waals surface area contributed by atoms with Crippen molar-refractivity contribution in [1.29, 1.82) is 0 Å². The maximum Gasteiger partial charge on any atom is 0.358 e. The van der Waals surface area contributed by atoms with Crippen LogP contribution in [0.15, 0.2) is 0 Å². The van der Waals surface area contributed by atoms with Crippen LogP contribution in [0.4, 0.5) is 10.3 Å². The normalized spacial score (nSPS) is 11.5. The van der Waals surface area contributed by atoms with Gasteiger partial charge in [-0.3, -0.25) is 0 Å². The van der Waals surface area contributed by atoms with Gasteiger partial charge in [0.05, 0.1) is 37.2 Å². The summed E-state index contributed by atoms with van der Waals surface area (Å²) in [5.41, 5.74) is 11.4. The van der Waals surface area contributed by atoms with Gasteiger partial charge < -0.3 is 30.5 Å². The minimum Gasteiger partial charge on any atom is -0.464 e. The molecular weight excluding hydrogens is 460 g/mol. The zero-order chi connectivity index (χ0) is 24.0. The average molecular weight is 491 g/mol. The number of nitrogens with two attached hydrogens (primary N) is 2. The Balaban J connectivity index is 0.000000343. The number of nitrogen functional groups attached to an aromatic ring is 2. The fourth-order valence-corrected chi connectivity index (χ4v) is 4.37. The van der Waals surface area contributed by atoms with Crippen molar-refractivity contribution >= 4 is 53.2 Å². The molecule has 0 amide bonds. The second kappa shape index (κ2) is 11.0. The topological polar surface area (TPSA) is 160 Å². The van der Waals surface area contributed by atoms with E-state index in [1.807, 2.05) is 0 Å². The third kappa shape index (κ3) is 7.24. The number of ether oxygens (including phenoxy) is 2. The molecule has 2 heterocycles. The number of carbonyl (C=O) groups excluding carboxylic acids is 2. The Bertz CT molecular complexity index is 907. The molecule has 13 heteroatoms. The van der Waals surface area contributed by atoms with E-state index < -0.39 is 20.3 Å². The average Bonchev–Trinajstić information content (AvgIpc) is 3.26. The number of thiazole rings is 2. The lowest BCUT2D eigenvalue weighted by molar-refractivity contribution is 0.0583. The van der Waals surface area contributed by atoms with Crippen LogP contribution in [-0.4, -0.2) is 49.6 Å². The van der Waals surface area contributed by atoms with Gasteiger partial charge in [-0.15, -0.1) is 0 Å². The first-order chi connectivity index (χ1) is 14.3. The Labute approximate surface area is 190 Å². The molecule has 5 N–H and O–H groups in total. The van der Waals surface area contributed by atoms with E-state index in [0.29, 0.717) is 16.6 Å². The molecule has 0 aliphatic rings. The highest BCUT2D eigenvalue weighted by Crippen LogP contribution is 2.37. The smallest absolute Gasteiger partial charge is 0.358 e. The summed E-state index contributed by atoms with van der Waals surface area (Å²) in [6.07, 6.45) is 0. The Morgan fingerprint density at radius 2 is 1.39 bits per heavy atom. The molecule has 0 atom stereocenters. The molecule has 10 nitrogen and oxygen atoms in total. The van der Waals surface area contributed by atoms with E-state index >= 15 is 0 Å². The SMILES string of the molecule is COC(=O)c1nc(N)sc1CO.COC(=O)c1nc(N)sc1CO[Si](C)(C)C(C)(C)C. The minimum atomic E-state index is -1.86. The molecule has 0 saturated heterocycles. The van der Waals surface area contributed by atoms with Gasteiger partial charge in [-0.25, -0.2) is 19.6 Å². The molecule has 31 heavy (non-hydrogen) atoms. The summed E-state index contributed by atoms with van der Waals surface area (Å²) in [5, 5.41) is 9.51. The summed E-state index contributed by atoms with van der Waals surface area (Å²) in [6.45, 7) is 10.9. The largest absolute Gasteiger partial charge is 0.464 e. The van der Waals surface area contributed by atoms with Crippen LogP contribution in [0.2, 0.25) is 18.1 Å². The Morgan fingerprint density at radius 3 is 1.77 bits per heavy atom. The molecule has 2 aromatic rings. The third-order valence-corrected chi connectivity index (χ3v) is 10.9. The lowest BCUT2D eigenvalue weighted by Gasteiger charge is -2.36. The predicted molar refractivity (Wildman–Crippen MR) is 124 cm³/mol. The molecule has 0 saturated carbocycles. The fraction of sp³-hybridized carbons (Fsp3) is 0.556. The highest BCUT2D eigenvalue weighted by molar-refractivity contribution is 7.16. The highest BCUT2D eigenvalue weighted by atomic mass is 32.1. The van der Waals surface area contributed by atoms with E-state index in [1.54, 1.807) is 0 Å². The molecule has 0 aliphatic carbocycles. The van der Waals surface area contributed by atoms with Crippen molar-refractivity contribution in [3.8, 4) is 0 Å². The summed E-state index contributed by atoms with van der Waals surface area (Å²) < 4.78 is 15.2. The summed E-state index contributed by atoms with van der Waals surface area (Å²) >= 11 is 2.35. The van der Waals surface area contributed by atoms with Crippen LogP contribution in [0.1, 0.15) is 51.5 Å². The predicted octanol–water partition coefficient (Wildman–Crippen LogP) is 3.04. The van der Waals surface area contributed by atoms with Crippen LogP contribution in [-0.2, 0) is 27.1 Å². The third-order valence-electron chi connectivity index (χ3n) is 4.70. The minimum absolute atomic E-state index is 0.0995. The molecule has 0 bridgehead atoms. The molecule has 0 aromatic carbocycles. The Kier molecular flexibility index (Phi) is 9.57. The van der Waals surface area contributed by atoms with Crippen molar-refractivity contribution in [2.75, 3.05) is 25.7 Å². The summed E-state index contributed by atoms with van der Waals surface area (Å²) in [5.74, 6) is -1.05. The maximum atomic E-state index is 11.6. The van der Waals surface area contributed by atoms with Crippen LogP contribution in [0.5, 0.6) is 0 Å². The van der Waals surface area contributed by atoms with Crippen LogP contribution in [0.25, 0.3) is 0 Å². The molecule has 174 valence electrons. The number of rotatable bonds is 6. The summed E-state index contributed by atoms with van der Waals surface area (Å²) in [4.78, 5) is 31.4. The molecule has 0 unspecified atom stereocenters. The number of hydrogen-bond donors (Lipinski definition) is 3. The number of nitrogens with zero attached hydrogens (tertiary/aromatic N) is 2. The van der Waals surface area contributed by atoms with Crippen LogP contribution in [0, 0.1) is 0 Å². The van der Waals surface area contributed by atoms with Crippen molar-refractivity contribution in [2.45, 2.75) is 52.1 Å². The molecule has 2 rings (SSSR count). The first-order valence-electron chi connectivity index (χ1n) is 9.19. The maximum absolute atomic E-state index is 11.6. The van der Waals surface area contributed by atoms with Gasteiger partial charge in [-0.2, -0.15) is 0 Å². The molecular formula is C18H30N4O6S2Si. The van der Waals surface area contributed by atoms with Gasteiger partial charge >= 0.3 is 11.9 Å². The molecule has 0 spiro atoms. The lowest BCUT2D eigenvalue weighted by Crippen LogP contribution is -2.40. The van der Waals surface area contributed by atoms with Gasteiger partial charge in [0.1, 0.15) is 0 Å². The molecule has 0 radical (unpaired) electrons. The zero-order valence-electron chi connectivity index (χ0n) is 18.8. The van der Waals surface area contributed by atoms with Gasteiger partial charge in [-0.05, 0) is 18.1 Å². The van der Waals surface area contributed by atoms with Crippen LogP contribution in [0.3, 0.4) is 0 Å². The van der Waals surface area contributed by atoms with Gasteiger partial charge in [0.15, 0.2) is 30.0 Å². The number of anilines is 2. The standard InChI is InChI=1S/C12H22N2O3SSi.C6H8N2O3S/c1-12(2,3)19(5,6)17-7-8-9(10(15)16-4)14-11(13)18-8;1-11-5(10)4-3(2-9)12-6(7)8-4/h7H2,1-6H3,(H2,13,14);9H,2H2,1H3,(H2,7,8). The number of aliphatic hydroxyl groups excluding tert-OH is 1. The van der Waals surface area contributed by atoms with Crippen LogP contribution >= 0.6 is 22.7 Å². The number of aliphatic hydroxyl groups is 1. The first-order valence-corrected chi connectivity index (χ1v) is 13.7. The van der Waals surface area contributed by atoms with Gasteiger partial charge in [-0.1, -0.05) is 43.4 Å². The second-order valence-electron chi connectivity index (χ2n) is 7.84. The second-order valence-corrected chi connectivity index (χ2v) is 14.9. The highest BCUT2D eigenvalue weighted by Gasteiger charge is 2.37. The van der Waals surface area contributed by atoms with Crippen molar-refractivity contribution in [2.24, 2.45) is 0 Å². The van der Waals surface area contributed by atoms with E-state index in [9.17, 15) is 9.59 Å². The lowest BCUT2D eigenvalue weighted by atomic mass is 10.2. The van der Waals surface area contributed by atoms with E-state index in [4.69, 9.17) is 25.7 Å². The number of methoxy groups -OCH3 is 2. The van der Waals surface area contributed by atoms with Gasteiger partial charge in [0.25, 0.3) is 0 Å². The van der Waals surface area contributed by atoms with E-state index in [2.05, 4.69) is 48.6 Å². The Hall–Kier alpha value is -2.06. The van der Waals surface area contributed by atoms with Crippen molar-refractivity contribution in [3.63, 3.8) is 0 Å². The van der Waals surface area contributed by atoms with E-state index in [1.165, 1.54) is 25.6 Å². The van der Waals surface area contributed by atoms with Crippen LogP contribution < -0.4 is 11.5 Å². The Morgan fingerprint density at radius 1 is 0.968 bits per heavy atom. The number of aromatic nitrogens is 2. The fourth-order valence-electron chi connectivity index (χ4n) is 1.92. The zero-order valence-corrected chi connectivity index (χ0v) is 21.4. The van der Waals surface area contributed by atoms with E-state index in [0.717, 1.165) is 16.2 Å². The van der Waals surface area contributed by atoms with Crippen molar-refractivity contribution in [1.82, 2.24) is 9.97 Å². The number of esters is 2. The number of carbonyl (C=O) groups is 2. The molecule has 2 aromatic heterocycles. The molecule has 0 aliphatic heterocycles. The molecule has 0 fully saturated rings. The van der Waals surface area contributed by atoms with Crippen molar-refractivity contribution in [3.05, 3.63) is 21.1 Å². The monoisotopic (exact) mass is 490 g/mol. The van der Waals surface area contributed by atoms with Gasteiger partial charge in [0, 0.05) is 0 Å². The van der Waals surface area contributed by atoms with E-state index in [-0.39, 0.29) is 28.2 Å². The quantitative estimate of drug-likeness (QED) is 0.405. The van der Waals surface area contributed by atoms with Crippen molar-refractivity contribution < 1.29 is 28.6 Å². The first kappa shape index (κ1) is 27.0. The summed E-state index contributed by atoms with van der Waals surface area (Å²) in [6, 6.07) is 0.